The van der Waals surface area contributed by atoms with E-state index in [4.69, 9.17) is 0 Å². The third-order valence-corrected chi connectivity index (χ3v) is 4.26. The average Bonchev–Trinajstić information content (AvgIpc) is 2.29. The Labute approximate surface area is 100 Å². The predicted octanol–water partition coefficient (Wildman–Crippen LogP) is 4.69. The van der Waals surface area contributed by atoms with Crippen LogP contribution in [0.3, 0.4) is 0 Å². The molecule has 1 fully saturated rings. The van der Waals surface area contributed by atoms with Crippen molar-refractivity contribution in [1.29, 1.82) is 0 Å². The normalized spacial score (nSPS) is 30.2. The summed E-state index contributed by atoms with van der Waals surface area (Å²) in [7, 11) is 0. The largest absolute Gasteiger partial charge is 0.0625 e. The molecule has 1 saturated carbocycles. The second-order valence-corrected chi connectivity index (χ2v) is 5.68. The second kappa shape index (κ2) is 5.52. The van der Waals surface area contributed by atoms with Gasteiger partial charge < -0.3 is 0 Å². The first kappa shape index (κ1) is 11.7. The topological polar surface area (TPSA) is 0 Å². The number of benzene rings is 1. The second-order valence-electron chi connectivity index (χ2n) is 5.68. The van der Waals surface area contributed by atoms with Crippen molar-refractivity contribution >= 4 is 0 Å². The summed E-state index contributed by atoms with van der Waals surface area (Å²) < 4.78 is 0. The summed E-state index contributed by atoms with van der Waals surface area (Å²) in [6, 6.07) is 10.9. The number of aryl methyl sites for hydroxylation is 1. The maximum atomic E-state index is 2.45. The zero-order valence-electron chi connectivity index (χ0n) is 10.7. The highest BCUT2D eigenvalue weighted by atomic mass is 14.3. The van der Waals surface area contributed by atoms with Crippen LogP contribution in [0.25, 0.3) is 0 Å². The molecule has 0 heterocycles. The zero-order chi connectivity index (χ0) is 11.4. The van der Waals surface area contributed by atoms with Crippen LogP contribution in [0.1, 0.15) is 45.1 Å². The summed E-state index contributed by atoms with van der Waals surface area (Å²) in [5.74, 6) is 2.87. The summed E-state index contributed by atoms with van der Waals surface area (Å²) in [5.41, 5.74) is 1.51. The van der Waals surface area contributed by atoms with Gasteiger partial charge in [-0.15, -0.1) is 0 Å². The highest BCUT2D eigenvalue weighted by Crippen LogP contribution is 2.35. The molecule has 1 aromatic carbocycles. The van der Waals surface area contributed by atoms with Gasteiger partial charge >= 0.3 is 0 Å². The maximum Gasteiger partial charge on any atom is -0.0276 e. The summed E-state index contributed by atoms with van der Waals surface area (Å²) >= 11 is 0. The number of hydrogen-bond acceptors (Lipinski definition) is 0. The number of hydrogen-bond donors (Lipinski definition) is 0. The molecule has 1 aliphatic rings. The van der Waals surface area contributed by atoms with Crippen LogP contribution in [0.15, 0.2) is 30.3 Å². The van der Waals surface area contributed by atoms with Crippen molar-refractivity contribution in [2.24, 2.45) is 17.8 Å². The third-order valence-electron chi connectivity index (χ3n) is 4.26. The molecule has 0 aromatic heterocycles. The van der Waals surface area contributed by atoms with Crippen LogP contribution in [-0.2, 0) is 6.42 Å². The SMILES string of the molecule is CC1CCC(CCc2ccccc2)C(C)C1. The molecule has 0 nitrogen and oxygen atoms in total. The van der Waals surface area contributed by atoms with Gasteiger partial charge in [0, 0.05) is 0 Å². The molecule has 0 spiro atoms. The molecule has 2 rings (SSSR count). The Bertz CT molecular complexity index is 301. The molecule has 16 heavy (non-hydrogen) atoms. The molecule has 0 amide bonds. The van der Waals surface area contributed by atoms with E-state index in [1.165, 1.54) is 37.7 Å². The Balaban J connectivity index is 1.82. The molecule has 0 bridgehead atoms. The first-order valence-electron chi connectivity index (χ1n) is 6.79. The molecule has 0 radical (unpaired) electrons. The Morgan fingerprint density at radius 1 is 1.06 bits per heavy atom. The van der Waals surface area contributed by atoms with Crippen LogP contribution >= 0.6 is 0 Å². The van der Waals surface area contributed by atoms with Crippen molar-refractivity contribution in [2.75, 3.05) is 0 Å². The van der Waals surface area contributed by atoms with Gasteiger partial charge in [-0.1, -0.05) is 50.6 Å². The highest BCUT2D eigenvalue weighted by molar-refractivity contribution is 5.14. The van der Waals surface area contributed by atoms with Gasteiger partial charge in [-0.3, -0.25) is 0 Å². The van der Waals surface area contributed by atoms with Crippen molar-refractivity contribution in [2.45, 2.75) is 46.0 Å². The van der Waals surface area contributed by atoms with E-state index in [9.17, 15) is 0 Å². The fraction of sp³-hybridized carbons (Fsp3) is 0.625. The van der Waals surface area contributed by atoms with E-state index in [0.29, 0.717) is 0 Å². The van der Waals surface area contributed by atoms with E-state index in [-0.39, 0.29) is 0 Å². The van der Waals surface area contributed by atoms with Crippen LogP contribution in [-0.4, -0.2) is 0 Å². The van der Waals surface area contributed by atoms with Gasteiger partial charge in [-0.05, 0) is 49.0 Å². The quantitative estimate of drug-likeness (QED) is 0.687. The lowest BCUT2D eigenvalue weighted by Gasteiger charge is -2.32. The summed E-state index contributed by atoms with van der Waals surface area (Å²) in [6.45, 7) is 4.86. The average molecular weight is 216 g/mol. The van der Waals surface area contributed by atoms with E-state index < -0.39 is 0 Å². The molecule has 88 valence electrons. The molecule has 0 heteroatoms. The van der Waals surface area contributed by atoms with E-state index in [0.717, 1.165) is 17.8 Å². The molecule has 0 saturated heterocycles. The predicted molar refractivity (Wildman–Crippen MR) is 70.4 cm³/mol. The van der Waals surface area contributed by atoms with Crippen molar-refractivity contribution in [1.82, 2.24) is 0 Å². The van der Waals surface area contributed by atoms with Gasteiger partial charge in [-0.25, -0.2) is 0 Å². The lowest BCUT2D eigenvalue weighted by Crippen LogP contribution is -2.21. The Morgan fingerprint density at radius 3 is 2.50 bits per heavy atom. The van der Waals surface area contributed by atoms with Gasteiger partial charge in [0.2, 0.25) is 0 Å². The fourth-order valence-corrected chi connectivity index (χ4v) is 3.15. The minimum atomic E-state index is 0.937. The van der Waals surface area contributed by atoms with E-state index >= 15 is 0 Å². The van der Waals surface area contributed by atoms with Crippen molar-refractivity contribution in [3.8, 4) is 0 Å². The van der Waals surface area contributed by atoms with Gasteiger partial charge in [-0.2, -0.15) is 0 Å². The molecule has 1 aliphatic carbocycles. The summed E-state index contributed by atoms with van der Waals surface area (Å²) in [5, 5.41) is 0. The molecule has 3 atom stereocenters. The lowest BCUT2D eigenvalue weighted by atomic mass is 9.73. The van der Waals surface area contributed by atoms with Gasteiger partial charge in [0.05, 0.1) is 0 Å². The van der Waals surface area contributed by atoms with Crippen LogP contribution in [0.4, 0.5) is 0 Å². The molecule has 1 aromatic rings. The monoisotopic (exact) mass is 216 g/mol. The standard InChI is InChI=1S/C16H24/c1-13-8-10-16(14(2)12-13)11-9-15-6-4-3-5-7-15/h3-7,13-14,16H,8-12H2,1-2H3. The Morgan fingerprint density at radius 2 is 1.81 bits per heavy atom. The van der Waals surface area contributed by atoms with E-state index in [1.54, 1.807) is 0 Å². The first-order valence-corrected chi connectivity index (χ1v) is 6.79. The Hall–Kier alpha value is -0.780. The van der Waals surface area contributed by atoms with Gasteiger partial charge in [0.25, 0.3) is 0 Å². The Kier molecular flexibility index (Phi) is 4.04. The van der Waals surface area contributed by atoms with Crippen molar-refractivity contribution in [3.63, 3.8) is 0 Å². The molecule has 0 aliphatic heterocycles. The van der Waals surface area contributed by atoms with Crippen LogP contribution in [0.2, 0.25) is 0 Å². The maximum absolute atomic E-state index is 2.45. The molecular weight excluding hydrogens is 192 g/mol. The van der Waals surface area contributed by atoms with Crippen molar-refractivity contribution in [3.05, 3.63) is 35.9 Å². The molecule has 0 N–H and O–H groups in total. The first-order chi connectivity index (χ1) is 7.75. The zero-order valence-corrected chi connectivity index (χ0v) is 10.7. The number of rotatable bonds is 3. The fourth-order valence-electron chi connectivity index (χ4n) is 3.15. The van der Waals surface area contributed by atoms with Crippen LogP contribution in [0, 0.1) is 17.8 Å². The van der Waals surface area contributed by atoms with E-state index in [2.05, 4.69) is 44.2 Å². The smallest absolute Gasteiger partial charge is 0.0276 e. The highest BCUT2D eigenvalue weighted by Gasteiger charge is 2.24. The van der Waals surface area contributed by atoms with Gasteiger partial charge in [0.15, 0.2) is 0 Å². The summed E-state index contributed by atoms with van der Waals surface area (Å²) in [6.07, 6.45) is 7.00. The van der Waals surface area contributed by atoms with Crippen molar-refractivity contribution < 1.29 is 0 Å². The lowest BCUT2D eigenvalue weighted by molar-refractivity contribution is 0.194. The third kappa shape index (κ3) is 3.10. The molecular formula is C16H24. The van der Waals surface area contributed by atoms with Gasteiger partial charge in [0.1, 0.15) is 0 Å². The minimum Gasteiger partial charge on any atom is -0.0625 e. The van der Waals surface area contributed by atoms with Crippen LogP contribution in [0.5, 0.6) is 0 Å². The van der Waals surface area contributed by atoms with Crippen LogP contribution < -0.4 is 0 Å². The summed E-state index contributed by atoms with van der Waals surface area (Å²) in [4.78, 5) is 0. The minimum absolute atomic E-state index is 0.937. The van der Waals surface area contributed by atoms with E-state index in [1.807, 2.05) is 0 Å². The molecule has 3 unspecified atom stereocenters.